The molecule has 2 N–H and O–H groups in total. The van der Waals surface area contributed by atoms with Gasteiger partial charge in [-0.3, -0.25) is 5.32 Å². The van der Waals surface area contributed by atoms with Crippen LogP contribution in [0.2, 0.25) is 0 Å². The van der Waals surface area contributed by atoms with Gasteiger partial charge in [0.1, 0.15) is 17.6 Å². The Balaban J connectivity index is 2.09. The molecule has 0 spiro atoms. The third-order valence-corrected chi connectivity index (χ3v) is 2.79. The highest BCUT2D eigenvalue weighted by Gasteiger charge is 2.11. The van der Waals surface area contributed by atoms with Crippen molar-refractivity contribution < 1.29 is 9.50 Å². The first-order valence-electron chi connectivity index (χ1n) is 5.86. The number of aromatic hydroxyl groups is 1. The molecule has 0 aliphatic heterocycles. The Hall–Kier alpha value is -2.38. The van der Waals surface area contributed by atoms with E-state index < -0.39 is 6.04 Å². The Bertz CT molecular complexity index is 607. The van der Waals surface area contributed by atoms with Crippen molar-refractivity contribution in [2.45, 2.75) is 12.6 Å². The molecule has 0 saturated heterocycles. The molecule has 96 valence electrons. The van der Waals surface area contributed by atoms with E-state index in [0.717, 1.165) is 0 Å². The van der Waals surface area contributed by atoms with Gasteiger partial charge in [0.15, 0.2) is 0 Å². The van der Waals surface area contributed by atoms with Gasteiger partial charge in [0.05, 0.1) is 6.07 Å². The molecule has 3 nitrogen and oxygen atoms in total. The Labute approximate surface area is 110 Å². The molecule has 2 aromatic rings. The highest BCUT2D eigenvalue weighted by atomic mass is 19.1. The number of phenolic OH excluding ortho intramolecular Hbond substituents is 1. The van der Waals surface area contributed by atoms with Gasteiger partial charge in [-0.15, -0.1) is 0 Å². The zero-order valence-electron chi connectivity index (χ0n) is 10.2. The molecule has 0 heterocycles. The minimum absolute atomic E-state index is 0.102. The molecule has 2 rings (SSSR count). The van der Waals surface area contributed by atoms with Crippen LogP contribution in [0.4, 0.5) is 4.39 Å². The smallest absolute Gasteiger partial charge is 0.127 e. The first kappa shape index (κ1) is 13.1. The summed E-state index contributed by atoms with van der Waals surface area (Å²) in [5.74, 6) is -0.201. The van der Waals surface area contributed by atoms with Gasteiger partial charge in [-0.25, -0.2) is 4.39 Å². The minimum atomic E-state index is -0.591. The van der Waals surface area contributed by atoms with Crippen LogP contribution in [0.25, 0.3) is 0 Å². The highest BCUT2D eigenvalue weighted by Crippen LogP contribution is 2.18. The fourth-order valence-corrected chi connectivity index (χ4v) is 1.80. The molecule has 0 bridgehead atoms. The van der Waals surface area contributed by atoms with Crippen LogP contribution in [0.5, 0.6) is 5.75 Å². The SMILES string of the molecule is N#CC(NCc1ccccc1F)c1cccc(O)c1. The Morgan fingerprint density at radius 1 is 1.21 bits per heavy atom. The summed E-state index contributed by atoms with van der Waals surface area (Å²) in [7, 11) is 0. The largest absolute Gasteiger partial charge is 0.508 e. The second-order valence-electron chi connectivity index (χ2n) is 4.13. The predicted octanol–water partition coefficient (Wildman–Crippen LogP) is 2.89. The quantitative estimate of drug-likeness (QED) is 0.884. The molecule has 0 amide bonds. The molecule has 0 saturated carbocycles. The summed E-state index contributed by atoms with van der Waals surface area (Å²) in [5.41, 5.74) is 1.15. The van der Waals surface area contributed by atoms with Crippen molar-refractivity contribution in [3.8, 4) is 11.8 Å². The number of halogens is 1. The molecule has 0 aliphatic rings. The molecule has 1 unspecified atom stereocenters. The average Bonchev–Trinajstić information content (AvgIpc) is 2.41. The van der Waals surface area contributed by atoms with Crippen molar-refractivity contribution in [1.29, 1.82) is 5.26 Å². The number of nitrogens with one attached hydrogen (secondary N) is 1. The predicted molar refractivity (Wildman–Crippen MR) is 69.7 cm³/mol. The number of nitriles is 1. The molecule has 4 heteroatoms. The molecule has 2 aromatic carbocycles. The third-order valence-electron chi connectivity index (χ3n) is 2.79. The number of hydrogen-bond donors (Lipinski definition) is 2. The van der Waals surface area contributed by atoms with Gasteiger partial charge in [-0.2, -0.15) is 5.26 Å². The molecule has 0 radical (unpaired) electrons. The van der Waals surface area contributed by atoms with Gasteiger partial charge in [0, 0.05) is 12.1 Å². The highest BCUT2D eigenvalue weighted by molar-refractivity contribution is 5.32. The molecule has 1 atom stereocenters. The summed E-state index contributed by atoms with van der Waals surface area (Å²) in [6, 6.07) is 14.4. The van der Waals surface area contributed by atoms with E-state index in [9.17, 15) is 9.50 Å². The summed E-state index contributed by atoms with van der Waals surface area (Å²) in [5, 5.41) is 21.5. The first-order chi connectivity index (χ1) is 9.20. The van der Waals surface area contributed by atoms with E-state index in [1.165, 1.54) is 18.2 Å². The Kier molecular flexibility index (Phi) is 4.11. The van der Waals surface area contributed by atoms with Crippen LogP contribution in [0.1, 0.15) is 17.2 Å². The van der Waals surface area contributed by atoms with Crippen LogP contribution in [-0.2, 0) is 6.54 Å². The van der Waals surface area contributed by atoms with Crippen LogP contribution >= 0.6 is 0 Å². The van der Waals surface area contributed by atoms with Crippen LogP contribution in [-0.4, -0.2) is 5.11 Å². The second kappa shape index (κ2) is 5.98. The van der Waals surface area contributed by atoms with E-state index in [1.54, 1.807) is 30.3 Å². The van der Waals surface area contributed by atoms with Crippen molar-refractivity contribution in [2.24, 2.45) is 0 Å². The lowest BCUT2D eigenvalue weighted by molar-refractivity contribution is 0.473. The van der Waals surface area contributed by atoms with E-state index in [-0.39, 0.29) is 18.1 Å². The van der Waals surface area contributed by atoms with Crippen molar-refractivity contribution in [1.82, 2.24) is 5.32 Å². The normalized spacial score (nSPS) is 11.8. The lowest BCUT2D eigenvalue weighted by Gasteiger charge is -2.12. The summed E-state index contributed by atoms with van der Waals surface area (Å²) >= 11 is 0. The second-order valence-corrected chi connectivity index (χ2v) is 4.13. The standard InChI is InChI=1S/C15H13FN2O/c16-14-7-2-1-4-12(14)10-18-15(9-17)11-5-3-6-13(19)8-11/h1-8,15,18-19H,10H2. The number of benzene rings is 2. The third kappa shape index (κ3) is 3.30. The summed E-state index contributed by atoms with van der Waals surface area (Å²) in [6.07, 6.45) is 0. The summed E-state index contributed by atoms with van der Waals surface area (Å²) in [6.45, 7) is 0.251. The molecular formula is C15H13FN2O. The van der Waals surface area contributed by atoms with E-state index in [2.05, 4.69) is 11.4 Å². The fraction of sp³-hybridized carbons (Fsp3) is 0.133. The fourth-order valence-electron chi connectivity index (χ4n) is 1.80. The monoisotopic (exact) mass is 256 g/mol. The molecular weight excluding hydrogens is 243 g/mol. The van der Waals surface area contributed by atoms with Crippen molar-refractivity contribution >= 4 is 0 Å². The Morgan fingerprint density at radius 3 is 2.68 bits per heavy atom. The van der Waals surface area contributed by atoms with Gasteiger partial charge < -0.3 is 5.11 Å². The van der Waals surface area contributed by atoms with Gasteiger partial charge in [0.25, 0.3) is 0 Å². The van der Waals surface area contributed by atoms with Crippen molar-refractivity contribution in [3.63, 3.8) is 0 Å². The number of hydrogen-bond acceptors (Lipinski definition) is 3. The lowest BCUT2D eigenvalue weighted by atomic mass is 10.1. The zero-order chi connectivity index (χ0) is 13.7. The van der Waals surface area contributed by atoms with Gasteiger partial charge in [0.2, 0.25) is 0 Å². The van der Waals surface area contributed by atoms with Gasteiger partial charge >= 0.3 is 0 Å². The Morgan fingerprint density at radius 2 is 2.00 bits per heavy atom. The van der Waals surface area contributed by atoms with Crippen molar-refractivity contribution in [2.75, 3.05) is 0 Å². The van der Waals surface area contributed by atoms with Crippen LogP contribution < -0.4 is 5.32 Å². The molecule has 0 aromatic heterocycles. The van der Waals surface area contributed by atoms with Gasteiger partial charge in [-0.05, 0) is 23.8 Å². The topological polar surface area (TPSA) is 56.0 Å². The van der Waals surface area contributed by atoms with Gasteiger partial charge in [-0.1, -0.05) is 30.3 Å². The summed E-state index contributed by atoms with van der Waals surface area (Å²) < 4.78 is 13.4. The number of rotatable bonds is 4. The van der Waals surface area contributed by atoms with Crippen molar-refractivity contribution in [3.05, 3.63) is 65.5 Å². The van der Waals surface area contributed by atoms with Crippen LogP contribution in [0.15, 0.2) is 48.5 Å². The molecule has 0 aliphatic carbocycles. The molecule has 19 heavy (non-hydrogen) atoms. The maximum Gasteiger partial charge on any atom is 0.127 e. The van der Waals surface area contributed by atoms with Crippen LogP contribution in [0.3, 0.4) is 0 Å². The zero-order valence-corrected chi connectivity index (χ0v) is 10.2. The minimum Gasteiger partial charge on any atom is -0.508 e. The van der Waals surface area contributed by atoms with E-state index in [4.69, 9.17) is 5.26 Å². The van der Waals surface area contributed by atoms with E-state index >= 15 is 0 Å². The maximum atomic E-state index is 13.4. The molecule has 0 fully saturated rings. The summed E-state index contributed by atoms with van der Waals surface area (Å²) in [4.78, 5) is 0. The number of phenols is 1. The van der Waals surface area contributed by atoms with E-state index in [0.29, 0.717) is 11.1 Å². The van der Waals surface area contributed by atoms with Crippen LogP contribution in [0, 0.1) is 17.1 Å². The van der Waals surface area contributed by atoms with E-state index in [1.807, 2.05) is 0 Å². The number of nitrogens with zero attached hydrogens (tertiary/aromatic N) is 1. The average molecular weight is 256 g/mol. The maximum absolute atomic E-state index is 13.4. The first-order valence-corrected chi connectivity index (χ1v) is 5.86. The lowest BCUT2D eigenvalue weighted by Crippen LogP contribution is -2.20.